The van der Waals surface area contributed by atoms with E-state index in [2.05, 4.69) is 364 Å². The van der Waals surface area contributed by atoms with Crippen molar-refractivity contribution < 1.29 is 112 Å². The molecule has 0 aliphatic heterocycles. The SMILES string of the molecule is CN(C)C=O.CN(C)C=O.[Fe+2].[Fe+2].[Fe+2].[Fe+2].[Fe].[Fe].[N]=O.[N]=O.[N]=O.[N]=O.[N]=O.[N]=O.[S-2].[S-2].[S-2].[S-2].[S-2].[S-2].c1ccc(P(=N[P+](c2ccccc2)(c2ccccc2)c2ccccc2)(c2ccccc2)c2ccccc2)cc1.c1ccc(P(=N[P+](c2ccccc2)(c2ccccc2)c2ccccc2)(c2ccccc2)c2ccccc2)cc1. The van der Waals surface area contributed by atoms with Gasteiger partial charge in [0.05, 0.1) is 0 Å². The van der Waals surface area contributed by atoms with E-state index in [1.54, 1.807) is 28.2 Å². The maximum absolute atomic E-state index is 9.43. The zero-order valence-corrected chi connectivity index (χ0v) is 75.0. The topological polar surface area (TPSA) is 302 Å². The first kappa shape index (κ1) is 127. The summed E-state index contributed by atoms with van der Waals surface area (Å²) in [6.07, 6.45) is 1.50. The second-order valence-corrected chi connectivity index (χ2v) is 33.6. The normalized spacial score (nSPS) is 8.89. The summed E-state index contributed by atoms with van der Waals surface area (Å²) in [5.41, 5.74) is 34.5. The second kappa shape index (κ2) is 73.6. The van der Waals surface area contributed by atoms with Gasteiger partial charge in [0.15, 0.2) is 0 Å². The molecule has 0 aromatic heterocycles. The summed E-state index contributed by atoms with van der Waals surface area (Å²) >= 11 is 0. The van der Waals surface area contributed by atoms with E-state index in [4.69, 9.17) is 72.0 Å². The summed E-state index contributed by atoms with van der Waals surface area (Å²) in [6, 6.07) is 131. The Hall–Kier alpha value is -6.28. The number of amides is 2. The van der Waals surface area contributed by atoms with E-state index in [1.807, 2.05) is 0 Å². The molecular weight excluding hydrogens is 1860 g/mol. The largest absolute Gasteiger partial charge is 2.00 e. The van der Waals surface area contributed by atoms with Gasteiger partial charge < -0.3 is 90.8 Å². The van der Waals surface area contributed by atoms with Crippen LogP contribution in [0.15, 0.2) is 373 Å². The van der Waals surface area contributed by atoms with Crippen molar-refractivity contribution in [1.29, 1.82) is 0 Å². The summed E-state index contributed by atoms with van der Waals surface area (Å²) in [7, 11) is -3.24. The van der Waals surface area contributed by atoms with Gasteiger partial charge in [-0.05, 0) is 72.8 Å². The molecule has 18 nitrogen and oxygen atoms in total. The second-order valence-electron chi connectivity index (χ2n) is 20.9. The van der Waals surface area contributed by atoms with Crippen LogP contribution in [-0.2, 0) is 193 Å². The number of benzene rings is 12. The average molecular weight is 1930 g/mol. The van der Waals surface area contributed by atoms with Gasteiger partial charge in [0, 0.05) is 94.2 Å². The number of carbonyl (C=O) groups excluding carboxylic acids is 2. The minimum Gasteiger partial charge on any atom is -2.00 e. The first-order chi connectivity index (χ1) is 49.2. The summed E-state index contributed by atoms with van der Waals surface area (Å²) in [5, 5.41) is 15.1. The molecule has 0 unspecified atom stereocenters. The zero-order chi connectivity index (χ0) is 73.3. The molecule has 34 heteroatoms. The molecule has 6 radical (unpaired) electrons. The molecule has 0 atom stereocenters. The van der Waals surface area contributed by atoms with Crippen molar-refractivity contribution in [3.8, 4) is 0 Å². The van der Waals surface area contributed by atoms with Crippen LogP contribution in [0.5, 0.6) is 0 Å². The van der Waals surface area contributed by atoms with E-state index in [0.717, 1.165) is 12.8 Å². The molecule has 0 bridgehead atoms. The molecule has 12 rings (SSSR count). The number of hydrogen-bond acceptors (Lipinski definition) is 10. The third-order valence-corrected chi connectivity index (χ3v) is 31.4. The molecule has 0 heterocycles. The first-order valence-electron chi connectivity index (χ1n) is 30.3. The van der Waals surface area contributed by atoms with Gasteiger partial charge in [0.1, 0.15) is 79.5 Å². The monoisotopic (exact) mass is 1930 g/mol. The molecule has 112 heavy (non-hydrogen) atoms. The fourth-order valence-corrected chi connectivity index (χ4v) is 29.5. The Labute approximate surface area is 764 Å². The Morgan fingerprint density at radius 1 is 0.223 bits per heavy atom. The quantitative estimate of drug-likeness (QED) is 0.0507. The van der Waals surface area contributed by atoms with Crippen LogP contribution >= 0.6 is 28.9 Å². The Morgan fingerprint density at radius 2 is 0.312 bits per heavy atom. The molecule has 0 saturated heterocycles. The van der Waals surface area contributed by atoms with Gasteiger partial charge in [0.2, 0.25) is 27.6 Å². The van der Waals surface area contributed by atoms with Crippen molar-refractivity contribution in [1.82, 2.24) is 43.4 Å². The van der Waals surface area contributed by atoms with Gasteiger partial charge in [-0.25, -0.2) is 0 Å². The summed E-state index contributed by atoms with van der Waals surface area (Å²) < 4.78 is 12.8. The third-order valence-electron chi connectivity index (χ3n) is 14.5. The molecule has 12 aromatic rings. The summed E-state index contributed by atoms with van der Waals surface area (Å²) in [5.74, 6) is 0. The van der Waals surface area contributed by atoms with E-state index < -0.39 is 28.9 Å². The van der Waals surface area contributed by atoms with Crippen molar-refractivity contribution in [2.24, 2.45) is 9.03 Å². The molecule has 0 spiro atoms. The summed E-state index contributed by atoms with van der Waals surface area (Å²) in [6.45, 7) is 0. The molecule has 0 aliphatic carbocycles. The standard InChI is InChI=1S/2C36H30NP2.2C3H7NO.6Fe.6NO.6S/c2*1-7-19-31(20-8-1)38(32-21-9-2-10-22-32,33-23-11-3-12-24-33)37-39(34-25-13-4-14-26-34,35-27-15-5-16-28-35)36-29-17-6-18-30-36;2*1-4(2)3-5;;;;;;;6*1-2;;;;;;/h2*1-30H;2*3H,1-2H3;;;;;;;;;;;;;;;;;;/q2*+1;;;;;4*+2;;;;;;;6*-2. The molecule has 12 aromatic carbocycles. The Morgan fingerprint density at radius 3 is 0.402 bits per heavy atom. The van der Waals surface area contributed by atoms with Crippen LogP contribution in [-0.4, -0.2) is 50.8 Å². The van der Waals surface area contributed by atoms with Gasteiger partial charge in [-0.15, -0.1) is 38.5 Å². The molecule has 0 fully saturated rings. The van der Waals surface area contributed by atoms with Crippen LogP contribution < -0.4 is 97.2 Å². The molecular formula is C78H74Fe6N10O8P4S6-2. The predicted octanol–water partition coefficient (Wildman–Crippen LogP) is 10.8. The Kier molecular flexibility index (Phi) is 83.1. The van der Waals surface area contributed by atoms with Gasteiger partial charge >= 0.3 is 68.3 Å². The molecule has 0 aliphatic rings. The van der Waals surface area contributed by atoms with Crippen molar-refractivity contribution in [3.05, 3.63) is 393 Å². The Bertz CT molecular complexity index is 3650. The maximum Gasteiger partial charge on any atom is 2.00 e. The van der Waals surface area contributed by atoms with E-state index in [1.165, 1.54) is 73.5 Å². The third kappa shape index (κ3) is 34.6. The fraction of sp³-hybridized carbons (Fsp3) is 0.0513. The van der Waals surface area contributed by atoms with Crippen molar-refractivity contribution >= 4 is 186 Å². The van der Waals surface area contributed by atoms with E-state index in [0.29, 0.717) is 0 Å². The van der Waals surface area contributed by atoms with Gasteiger partial charge in [-0.2, -0.15) is 0 Å². The number of carbonyl (C=O) groups is 2. The average Bonchev–Trinajstić information content (AvgIpc) is 0.726. The molecule has 0 N–H and O–H groups in total. The van der Waals surface area contributed by atoms with E-state index in [9.17, 15) is 9.59 Å². The number of rotatable bonds is 16. The fourth-order valence-electron chi connectivity index (χ4n) is 10.5. The molecule has 590 valence electrons. The number of nitroso groups, excluding NO2 is 6. The predicted molar refractivity (Wildman–Crippen MR) is 462 cm³/mol. The zero-order valence-electron chi connectivity index (χ0n) is 59.9. The van der Waals surface area contributed by atoms with E-state index in [-0.39, 0.29) is 183 Å². The minimum absolute atomic E-state index is 0. The van der Waals surface area contributed by atoms with Crippen LogP contribution in [0.25, 0.3) is 0 Å². The van der Waals surface area contributed by atoms with Crippen molar-refractivity contribution in [3.63, 3.8) is 0 Å². The van der Waals surface area contributed by atoms with Crippen LogP contribution in [0.3, 0.4) is 0 Å². The smallest absolute Gasteiger partial charge is 2.00 e. The minimum atomic E-state index is -2.50. The molecule has 2 amide bonds. The maximum atomic E-state index is 9.43. The van der Waals surface area contributed by atoms with Gasteiger partial charge in [-0.3, -0.25) is 9.59 Å². The van der Waals surface area contributed by atoms with Crippen LogP contribution in [0.4, 0.5) is 0 Å². The van der Waals surface area contributed by atoms with Crippen molar-refractivity contribution in [2.45, 2.75) is 0 Å². The Balaban J connectivity index is -0.000000170. The van der Waals surface area contributed by atoms with Crippen LogP contribution in [0.2, 0.25) is 0 Å². The summed E-state index contributed by atoms with van der Waals surface area (Å²) in [4.78, 5) is 65.2. The van der Waals surface area contributed by atoms with Crippen LogP contribution in [0, 0.1) is 29.4 Å². The van der Waals surface area contributed by atoms with E-state index >= 15 is 0 Å². The number of nitrogens with zero attached hydrogens (tertiary/aromatic N) is 10. The molecule has 0 saturated carbocycles. The van der Waals surface area contributed by atoms with Gasteiger partial charge in [-0.1, -0.05) is 291 Å². The number of hydrogen-bond donors (Lipinski definition) is 0. The van der Waals surface area contributed by atoms with Crippen molar-refractivity contribution in [2.75, 3.05) is 28.2 Å². The van der Waals surface area contributed by atoms with Crippen LogP contribution in [0.1, 0.15) is 0 Å². The van der Waals surface area contributed by atoms with Gasteiger partial charge in [0.25, 0.3) is 0 Å². The first-order valence-corrected chi connectivity index (χ1v) is 37.3.